The van der Waals surface area contributed by atoms with E-state index >= 15 is 0 Å². The molecule has 5 rings (SSSR count). The van der Waals surface area contributed by atoms with E-state index in [2.05, 4.69) is 22.3 Å². The quantitative estimate of drug-likeness (QED) is 0.297. The number of rotatable bonds is 10. The van der Waals surface area contributed by atoms with Gasteiger partial charge in [-0.1, -0.05) is 59.6 Å². The van der Waals surface area contributed by atoms with Crippen molar-refractivity contribution in [3.63, 3.8) is 0 Å². The van der Waals surface area contributed by atoms with E-state index in [9.17, 15) is 9.59 Å². The van der Waals surface area contributed by atoms with E-state index in [1.54, 1.807) is 32.1 Å². The van der Waals surface area contributed by atoms with Crippen LogP contribution in [0, 0.1) is 5.92 Å². The highest BCUT2D eigenvalue weighted by molar-refractivity contribution is 6.42. The zero-order valence-corrected chi connectivity index (χ0v) is 26.7. The number of nitrogens with zero attached hydrogens (tertiary/aromatic N) is 2. The van der Waals surface area contributed by atoms with Crippen molar-refractivity contribution < 1.29 is 19.1 Å². The van der Waals surface area contributed by atoms with Crippen molar-refractivity contribution in [3.8, 4) is 11.5 Å². The summed E-state index contributed by atoms with van der Waals surface area (Å²) in [4.78, 5) is 30.7. The van der Waals surface area contributed by atoms with Gasteiger partial charge in [0.1, 0.15) is 11.5 Å². The summed E-state index contributed by atoms with van der Waals surface area (Å²) in [5.74, 6) is 1.49. The van der Waals surface area contributed by atoms with E-state index in [4.69, 9.17) is 32.7 Å². The molecule has 3 aromatic rings. The van der Waals surface area contributed by atoms with Crippen molar-refractivity contribution in [1.29, 1.82) is 0 Å². The van der Waals surface area contributed by atoms with Crippen LogP contribution in [0.5, 0.6) is 11.5 Å². The van der Waals surface area contributed by atoms with Gasteiger partial charge >= 0.3 is 0 Å². The topological polar surface area (TPSA) is 71.1 Å². The van der Waals surface area contributed by atoms with Gasteiger partial charge in [-0.25, -0.2) is 0 Å². The Morgan fingerprint density at radius 3 is 2.16 bits per heavy atom. The van der Waals surface area contributed by atoms with Crippen LogP contribution in [0.2, 0.25) is 10.0 Å². The summed E-state index contributed by atoms with van der Waals surface area (Å²) in [6.45, 7) is 4.39. The molecule has 0 aromatic heterocycles. The summed E-state index contributed by atoms with van der Waals surface area (Å²) in [6.07, 6.45) is 2.32. The molecule has 0 radical (unpaired) electrons. The number of likely N-dealkylation sites (tertiary alicyclic amines) is 1. The lowest BCUT2D eigenvalue weighted by Gasteiger charge is -2.43. The maximum atomic E-state index is 14.3. The first kappa shape index (κ1) is 31.2. The van der Waals surface area contributed by atoms with Crippen LogP contribution in [0.4, 0.5) is 0 Å². The highest BCUT2D eigenvalue weighted by Crippen LogP contribution is 2.57. The standard InChI is InChI=1S/C34H39Cl2N3O4/c1-23(40)37-33(25-8-6-5-7-9-25)12-14-39(15-13-33)22-27-20-34(27,26-10-11-30(35)31(36)18-26)32(41)38(2)21-24-16-28(42-3)19-29(17-24)43-4/h5-11,16-19,27H,12-15,20-22H2,1-4H3,(H,37,40). The normalized spacial score (nSPS) is 21.1. The SMILES string of the molecule is COc1cc(CN(C)C(=O)C2(c3ccc(Cl)c(Cl)c3)CC2CN2CCC(NC(C)=O)(c3ccccc3)CC2)cc(OC)c1. The first-order valence-electron chi connectivity index (χ1n) is 14.6. The Labute approximate surface area is 264 Å². The number of hydrogen-bond acceptors (Lipinski definition) is 5. The number of amides is 2. The number of carbonyl (C=O) groups is 2. The molecule has 9 heteroatoms. The van der Waals surface area contributed by atoms with E-state index in [1.807, 2.05) is 55.6 Å². The summed E-state index contributed by atoms with van der Waals surface area (Å²) < 4.78 is 10.9. The molecule has 1 aliphatic carbocycles. The van der Waals surface area contributed by atoms with Crippen LogP contribution in [0.15, 0.2) is 66.7 Å². The summed E-state index contributed by atoms with van der Waals surface area (Å²) in [6, 6.07) is 21.4. The predicted molar refractivity (Wildman–Crippen MR) is 170 cm³/mol. The Hall–Kier alpha value is -3.26. The Kier molecular flexibility index (Phi) is 9.26. The zero-order chi connectivity index (χ0) is 30.8. The highest BCUT2D eigenvalue weighted by Gasteiger charge is 2.62. The first-order chi connectivity index (χ1) is 20.6. The fourth-order valence-electron chi connectivity index (χ4n) is 6.72. The number of ether oxygens (including phenoxy) is 2. The van der Waals surface area contributed by atoms with Crippen LogP contribution in [-0.2, 0) is 27.1 Å². The lowest BCUT2D eigenvalue weighted by molar-refractivity contribution is -0.133. The molecule has 2 atom stereocenters. The second-order valence-corrected chi connectivity index (χ2v) is 12.6. The molecule has 2 amide bonds. The number of methoxy groups -OCH3 is 2. The summed E-state index contributed by atoms with van der Waals surface area (Å²) in [5.41, 5.74) is 1.85. The van der Waals surface area contributed by atoms with Gasteiger partial charge in [-0.05, 0) is 66.1 Å². The minimum absolute atomic E-state index is 0.0274. The number of likely N-dealkylation sites (N-methyl/N-ethyl adjacent to an activating group) is 1. The molecular weight excluding hydrogens is 585 g/mol. The fourth-order valence-corrected chi connectivity index (χ4v) is 7.01. The molecule has 0 bridgehead atoms. The summed E-state index contributed by atoms with van der Waals surface area (Å²) in [5, 5.41) is 4.16. The second-order valence-electron chi connectivity index (χ2n) is 11.8. The number of halogens is 2. The number of hydrogen-bond donors (Lipinski definition) is 1. The average Bonchev–Trinajstić information content (AvgIpc) is 3.73. The van der Waals surface area contributed by atoms with Crippen LogP contribution in [0.1, 0.15) is 42.9 Å². The average molecular weight is 625 g/mol. The monoisotopic (exact) mass is 623 g/mol. The Morgan fingerprint density at radius 1 is 0.930 bits per heavy atom. The predicted octanol–water partition coefficient (Wildman–Crippen LogP) is 6.05. The van der Waals surface area contributed by atoms with E-state index < -0.39 is 5.41 Å². The Morgan fingerprint density at radius 2 is 1.58 bits per heavy atom. The van der Waals surface area contributed by atoms with Gasteiger partial charge in [0.25, 0.3) is 0 Å². The molecule has 1 saturated carbocycles. The van der Waals surface area contributed by atoms with Crippen molar-refractivity contribution in [2.75, 3.05) is 40.9 Å². The van der Waals surface area contributed by atoms with Gasteiger partial charge < -0.3 is 24.6 Å². The summed E-state index contributed by atoms with van der Waals surface area (Å²) in [7, 11) is 5.07. The van der Waals surface area contributed by atoms with E-state index in [1.165, 1.54) is 0 Å². The van der Waals surface area contributed by atoms with Crippen LogP contribution in [-0.4, -0.2) is 62.5 Å². The van der Waals surface area contributed by atoms with E-state index in [0.717, 1.165) is 55.6 Å². The van der Waals surface area contributed by atoms with Crippen LogP contribution >= 0.6 is 23.2 Å². The molecule has 1 N–H and O–H groups in total. The Balaban J connectivity index is 1.35. The third kappa shape index (κ3) is 6.49. The van der Waals surface area contributed by atoms with Crippen molar-refractivity contribution in [1.82, 2.24) is 15.1 Å². The van der Waals surface area contributed by atoms with Gasteiger partial charge in [-0.3, -0.25) is 9.59 Å². The van der Waals surface area contributed by atoms with Crippen molar-refractivity contribution >= 4 is 35.0 Å². The molecule has 7 nitrogen and oxygen atoms in total. The second kappa shape index (κ2) is 12.8. The maximum absolute atomic E-state index is 14.3. The molecule has 1 heterocycles. The molecule has 2 fully saturated rings. The molecule has 228 valence electrons. The lowest BCUT2D eigenvalue weighted by Crippen LogP contribution is -2.53. The van der Waals surface area contributed by atoms with Crippen LogP contribution in [0.3, 0.4) is 0 Å². The van der Waals surface area contributed by atoms with Gasteiger partial charge in [0, 0.05) is 46.2 Å². The molecule has 2 aliphatic rings. The molecule has 1 saturated heterocycles. The molecule has 43 heavy (non-hydrogen) atoms. The Bertz CT molecular complexity index is 1450. The third-order valence-electron chi connectivity index (χ3n) is 9.03. The smallest absolute Gasteiger partial charge is 0.233 e. The highest BCUT2D eigenvalue weighted by atomic mass is 35.5. The summed E-state index contributed by atoms with van der Waals surface area (Å²) >= 11 is 12.7. The maximum Gasteiger partial charge on any atom is 0.233 e. The van der Waals surface area contributed by atoms with Gasteiger partial charge in [0.05, 0.1) is 35.2 Å². The largest absolute Gasteiger partial charge is 0.497 e. The van der Waals surface area contributed by atoms with E-state index in [-0.39, 0.29) is 23.3 Å². The van der Waals surface area contributed by atoms with E-state index in [0.29, 0.717) is 28.1 Å². The minimum atomic E-state index is -0.697. The third-order valence-corrected chi connectivity index (χ3v) is 9.77. The molecule has 1 aliphatic heterocycles. The van der Waals surface area contributed by atoms with Gasteiger partial charge in [-0.15, -0.1) is 0 Å². The number of piperidine rings is 1. The molecule has 3 aromatic carbocycles. The lowest BCUT2D eigenvalue weighted by atomic mass is 9.80. The van der Waals surface area contributed by atoms with Crippen molar-refractivity contribution in [2.45, 2.75) is 43.7 Å². The van der Waals surface area contributed by atoms with Crippen LogP contribution < -0.4 is 14.8 Å². The van der Waals surface area contributed by atoms with Crippen molar-refractivity contribution in [3.05, 3.63) is 93.5 Å². The van der Waals surface area contributed by atoms with Gasteiger partial charge in [0.2, 0.25) is 11.8 Å². The molecule has 0 spiro atoms. The van der Waals surface area contributed by atoms with Crippen LogP contribution in [0.25, 0.3) is 0 Å². The number of carbonyl (C=O) groups excluding carboxylic acids is 2. The molecule has 2 unspecified atom stereocenters. The van der Waals surface area contributed by atoms with Crippen molar-refractivity contribution in [2.24, 2.45) is 5.92 Å². The first-order valence-corrected chi connectivity index (χ1v) is 15.4. The zero-order valence-electron chi connectivity index (χ0n) is 25.2. The fraction of sp³-hybridized carbons (Fsp3) is 0.412. The minimum Gasteiger partial charge on any atom is -0.497 e. The van der Waals surface area contributed by atoms with Gasteiger partial charge in [-0.2, -0.15) is 0 Å². The number of nitrogens with one attached hydrogen (secondary N) is 1. The number of benzene rings is 3. The van der Waals surface area contributed by atoms with Gasteiger partial charge in [0.15, 0.2) is 0 Å². The molecular formula is C34H39Cl2N3O4.